The smallest absolute Gasteiger partial charge is 0.0303 e. The van der Waals surface area contributed by atoms with Gasteiger partial charge in [-0.05, 0) is 33.7 Å². The van der Waals surface area contributed by atoms with E-state index in [1.807, 2.05) is 34.6 Å². The van der Waals surface area contributed by atoms with Crippen LogP contribution in [0.15, 0.2) is 36.6 Å². The summed E-state index contributed by atoms with van der Waals surface area (Å²) in [5, 5.41) is 0. The van der Waals surface area contributed by atoms with Crippen LogP contribution < -0.4 is 0 Å². The van der Waals surface area contributed by atoms with E-state index in [1.54, 1.807) is 6.08 Å². The fraction of sp³-hybridized carbons (Fsp3) is 0.700. The highest BCUT2D eigenvalue weighted by Gasteiger charge is 2.15. The first-order valence-corrected chi connectivity index (χ1v) is 8.93. The van der Waals surface area contributed by atoms with Gasteiger partial charge in [0.1, 0.15) is 0 Å². The van der Waals surface area contributed by atoms with Gasteiger partial charge >= 0.3 is 0 Å². The molecule has 22 heavy (non-hydrogen) atoms. The van der Waals surface area contributed by atoms with Crippen LogP contribution in [0.25, 0.3) is 0 Å². The third-order valence-electron chi connectivity index (χ3n) is 3.18. The minimum absolute atomic E-state index is 1.02. The van der Waals surface area contributed by atoms with Gasteiger partial charge in [0.05, 0.1) is 0 Å². The average molecular weight is 311 g/mol. The van der Waals surface area contributed by atoms with E-state index in [-0.39, 0.29) is 0 Å². The molecule has 1 heterocycles. The summed E-state index contributed by atoms with van der Waals surface area (Å²) in [6.45, 7) is 29.6. The van der Waals surface area contributed by atoms with Gasteiger partial charge in [-0.2, -0.15) is 0 Å². The molecule has 0 saturated carbocycles. The Morgan fingerprint density at radius 1 is 1.00 bits per heavy atom. The lowest BCUT2D eigenvalue weighted by Crippen LogP contribution is -2.45. The van der Waals surface area contributed by atoms with E-state index in [9.17, 15) is 0 Å². The van der Waals surface area contributed by atoms with Gasteiger partial charge in [-0.25, -0.2) is 0 Å². The molecule has 0 spiro atoms. The van der Waals surface area contributed by atoms with Gasteiger partial charge in [-0.15, -0.1) is 0 Å². The Balaban J connectivity index is -0.000000338. The van der Waals surface area contributed by atoms with E-state index >= 15 is 0 Å². The lowest BCUT2D eigenvalue weighted by atomic mass is 10.2. The molecule has 0 aromatic carbocycles. The van der Waals surface area contributed by atoms with Crippen molar-refractivity contribution in [2.45, 2.75) is 61.8 Å². The van der Waals surface area contributed by atoms with Crippen LogP contribution >= 0.6 is 0 Å². The summed E-state index contributed by atoms with van der Waals surface area (Å²) in [6.07, 6.45) is 5.21. The summed E-state index contributed by atoms with van der Waals surface area (Å²) in [4.78, 5) is 5.03. The van der Waals surface area contributed by atoms with Crippen LogP contribution in [0.5, 0.6) is 0 Å². The maximum absolute atomic E-state index is 3.56. The molecular weight excluding hydrogens is 268 g/mol. The van der Waals surface area contributed by atoms with Gasteiger partial charge in [0.15, 0.2) is 0 Å². The highest BCUT2D eigenvalue weighted by Crippen LogP contribution is 2.08. The first-order valence-electron chi connectivity index (χ1n) is 8.93. The van der Waals surface area contributed by atoms with Crippen LogP contribution in [0.1, 0.15) is 61.8 Å². The lowest BCUT2D eigenvalue weighted by molar-refractivity contribution is 0.159. The highest BCUT2D eigenvalue weighted by atomic mass is 15.3. The van der Waals surface area contributed by atoms with Crippen LogP contribution in [0.4, 0.5) is 0 Å². The number of rotatable bonds is 4. The number of hydrogen-bond donors (Lipinski definition) is 0. The molecule has 0 radical (unpaired) electrons. The predicted molar refractivity (Wildman–Crippen MR) is 105 cm³/mol. The first-order chi connectivity index (χ1) is 10.5. The number of piperazine rings is 1. The standard InChI is InChI=1S/C11H22N2.C5H8.2C2H6/c1-4-6-12-7-9-13(10-8-12)11(3)5-2;1-4-5(2)3;2*1-2/h5H,4,6-10H2,1-3H3;4H,1-2H2,3H3;2*1-2H3/b11-5+;;;. The topological polar surface area (TPSA) is 6.48 Å². The van der Waals surface area contributed by atoms with Crippen LogP contribution in [-0.2, 0) is 0 Å². The van der Waals surface area contributed by atoms with Crippen molar-refractivity contribution in [3.8, 4) is 0 Å². The Labute approximate surface area is 141 Å². The quantitative estimate of drug-likeness (QED) is 0.611. The van der Waals surface area contributed by atoms with Crippen LogP contribution in [0, 0.1) is 0 Å². The number of nitrogens with zero attached hydrogens (tertiary/aromatic N) is 2. The Morgan fingerprint density at radius 3 is 1.68 bits per heavy atom. The van der Waals surface area contributed by atoms with Crippen molar-refractivity contribution in [2.24, 2.45) is 0 Å². The van der Waals surface area contributed by atoms with Crippen molar-refractivity contribution in [1.82, 2.24) is 9.80 Å². The Bertz CT molecular complexity index is 271. The minimum Gasteiger partial charge on any atom is -0.373 e. The predicted octanol–water partition coefficient (Wildman–Crippen LogP) is 5.74. The Hall–Kier alpha value is -1.02. The van der Waals surface area contributed by atoms with E-state index in [0.717, 1.165) is 5.57 Å². The van der Waals surface area contributed by atoms with Crippen molar-refractivity contribution in [2.75, 3.05) is 32.7 Å². The van der Waals surface area contributed by atoms with Crippen LogP contribution in [0.2, 0.25) is 0 Å². The molecule has 2 nitrogen and oxygen atoms in total. The zero-order chi connectivity index (χ0) is 18.0. The molecule has 1 saturated heterocycles. The van der Waals surface area contributed by atoms with E-state index in [4.69, 9.17) is 0 Å². The maximum atomic E-state index is 3.56. The molecule has 0 aromatic rings. The monoisotopic (exact) mass is 310 g/mol. The molecule has 0 amide bonds. The molecule has 1 fully saturated rings. The van der Waals surface area contributed by atoms with Gasteiger partial charge in [-0.1, -0.05) is 65.5 Å². The number of allylic oxidation sites excluding steroid dienone is 4. The first kappa shape index (κ1) is 25.9. The molecule has 0 N–H and O–H groups in total. The van der Waals surface area contributed by atoms with E-state index in [2.05, 4.69) is 49.8 Å². The summed E-state index contributed by atoms with van der Waals surface area (Å²) >= 11 is 0. The Morgan fingerprint density at radius 2 is 1.41 bits per heavy atom. The lowest BCUT2D eigenvalue weighted by Gasteiger charge is -2.36. The van der Waals surface area contributed by atoms with Gasteiger partial charge in [0.2, 0.25) is 0 Å². The fourth-order valence-electron chi connectivity index (χ4n) is 1.82. The zero-order valence-corrected chi connectivity index (χ0v) is 16.7. The number of hydrogen-bond acceptors (Lipinski definition) is 2. The second-order valence-corrected chi connectivity index (χ2v) is 4.81. The molecule has 1 aliphatic rings. The molecule has 0 atom stereocenters. The highest BCUT2D eigenvalue weighted by molar-refractivity contribution is 5.05. The molecular formula is C20H42N2. The maximum Gasteiger partial charge on any atom is 0.0303 e. The van der Waals surface area contributed by atoms with Crippen molar-refractivity contribution in [1.29, 1.82) is 0 Å². The van der Waals surface area contributed by atoms with Crippen LogP contribution in [0.3, 0.4) is 0 Å². The van der Waals surface area contributed by atoms with Crippen molar-refractivity contribution in [3.05, 3.63) is 36.6 Å². The van der Waals surface area contributed by atoms with E-state index in [1.165, 1.54) is 44.8 Å². The second-order valence-electron chi connectivity index (χ2n) is 4.81. The fourth-order valence-corrected chi connectivity index (χ4v) is 1.82. The van der Waals surface area contributed by atoms with Gasteiger partial charge < -0.3 is 4.90 Å². The normalized spacial score (nSPS) is 14.4. The van der Waals surface area contributed by atoms with E-state index < -0.39 is 0 Å². The summed E-state index contributed by atoms with van der Waals surface area (Å²) in [7, 11) is 0. The van der Waals surface area contributed by atoms with Crippen molar-refractivity contribution in [3.63, 3.8) is 0 Å². The third-order valence-corrected chi connectivity index (χ3v) is 3.18. The van der Waals surface area contributed by atoms with E-state index in [0.29, 0.717) is 0 Å². The van der Waals surface area contributed by atoms with Gasteiger partial charge in [-0.3, -0.25) is 4.90 Å². The molecule has 2 heteroatoms. The molecule has 0 unspecified atom stereocenters. The molecule has 0 aromatic heterocycles. The minimum atomic E-state index is 1.02. The summed E-state index contributed by atoms with van der Waals surface area (Å²) < 4.78 is 0. The van der Waals surface area contributed by atoms with Crippen molar-refractivity contribution >= 4 is 0 Å². The molecule has 132 valence electrons. The van der Waals surface area contributed by atoms with Gasteiger partial charge in [0, 0.05) is 31.9 Å². The summed E-state index contributed by atoms with van der Waals surface area (Å²) in [5.41, 5.74) is 2.45. The molecule has 1 aliphatic heterocycles. The summed E-state index contributed by atoms with van der Waals surface area (Å²) in [6, 6.07) is 0. The second kappa shape index (κ2) is 20.0. The van der Waals surface area contributed by atoms with Crippen LogP contribution in [-0.4, -0.2) is 42.5 Å². The zero-order valence-electron chi connectivity index (χ0n) is 16.7. The largest absolute Gasteiger partial charge is 0.373 e. The van der Waals surface area contributed by atoms with Crippen molar-refractivity contribution < 1.29 is 0 Å². The SMILES string of the molecule is C/C=C(\C)N1CCN(CCC)CC1.C=CC(=C)C.CC.CC. The van der Waals surface area contributed by atoms with Gasteiger partial charge in [0.25, 0.3) is 0 Å². The molecule has 0 bridgehead atoms. The third kappa shape index (κ3) is 15.4. The Kier molecular flexibility index (Phi) is 23.5. The summed E-state index contributed by atoms with van der Waals surface area (Å²) in [5.74, 6) is 0. The molecule has 0 aliphatic carbocycles. The average Bonchev–Trinajstić information content (AvgIpc) is 2.59. The molecule has 1 rings (SSSR count).